The quantitative estimate of drug-likeness (QED) is 0.695. The lowest BCUT2D eigenvalue weighted by atomic mass is 10.0. The summed E-state index contributed by atoms with van der Waals surface area (Å²) in [6.07, 6.45) is 4.49. The summed E-state index contributed by atoms with van der Waals surface area (Å²) < 4.78 is 4.99. The Morgan fingerprint density at radius 3 is 2.73 bits per heavy atom. The summed E-state index contributed by atoms with van der Waals surface area (Å²) >= 11 is 0. The number of ether oxygens (including phenoxy) is 1. The molecule has 0 spiro atoms. The molecule has 0 radical (unpaired) electrons. The molecule has 0 amide bonds. The van der Waals surface area contributed by atoms with Crippen LogP contribution in [0.15, 0.2) is 12.4 Å². The first kappa shape index (κ1) is 11.6. The van der Waals surface area contributed by atoms with E-state index < -0.39 is 0 Å². The van der Waals surface area contributed by atoms with E-state index in [2.05, 4.69) is 16.9 Å². The number of hydrogen-bond acceptors (Lipinski definition) is 4. The van der Waals surface area contributed by atoms with Crippen molar-refractivity contribution in [3.63, 3.8) is 0 Å². The van der Waals surface area contributed by atoms with E-state index in [1.54, 1.807) is 0 Å². The highest BCUT2D eigenvalue weighted by Crippen LogP contribution is 2.16. The Kier molecular flexibility index (Phi) is 4.21. The van der Waals surface area contributed by atoms with Gasteiger partial charge in [0.2, 0.25) is 5.88 Å². The molecule has 0 aliphatic carbocycles. The van der Waals surface area contributed by atoms with Crippen LogP contribution in [0.3, 0.4) is 0 Å². The number of rotatable bonds is 5. The molecule has 4 nitrogen and oxygen atoms in total. The van der Waals surface area contributed by atoms with E-state index in [0.29, 0.717) is 23.9 Å². The van der Waals surface area contributed by atoms with Gasteiger partial charge in [0.1, 0.15) is 0 Å². The summed E-state index contributed by atoms with van der Waals surface area (Å²) in [5.74, 6) is 0.671. The number of ketones is 1. The number of carbonyl (C=O) groups excluding carboxylic acids is 1. The van der Waals surface area contributed by atoms with Gasteiger partial charge in [-0.3, -0.25) is 4.79 Å². The molecule has 1 aromatic heterocycles. The van der Waals surface area contributed by atoms with E-state index >= 15 is 0 Å². The number of aromatic nitrogens is 2. The van der Waals surface area contributed by atoms with Crippen molar-refractivity contribution in [3.05, 3.63) is 18.1 Å². The lowest BCUT2D eigenvalue weighted by Gasteiger charge is -2.08. The van der Waals surface area contributed by atoms with E-state index in [1.165, 1.54) is 19.5 Å². The average Bonchev–Trinajstić information content (AvgIpc) is 2.28. The predicted molar refractivity (Wildman–Crippen MR) is 57.0 cm³/mol. The molecule has 1 heterocycles. The summed E-state index contributed by atoms with van der Waals surface area (Å²) in [5.41, 5.74) is 0.334. The smallest absolute Gasteiger partial charge is 0.243 e. The molecular formula is C11H16N2O2. The lowest BCUT2D eigenvalue weighted by molar-refractivity contribution is 0.0954. The number of nitrogens with zero attached hydrogens (tertiary/aromatic N) is 2. The van der Waals surface area contributed by atoms with Crippen molar-refractivity contribution in [2.24, 2.45) is 5.92 Å². The van der Waals surface area contributed by atoms with E-state index in [4.69, 9.17) is 4.74 Å². The molecule has 15 heavy (non-hydrogen) atoms. The summed E-state index contributed by atoms with van der Waals surface area (Å²) in [7, 11) is 1.49. The van der Waals surface area contributed by atoms with Gasteiger partial charge in [-0.05, 0) is 5.92 Å². The summed E-state index contributed by atoms with van der Waals surface area (Å²) in [5, 5.41) is 0. The molecule has 0 bridgehead atoms. The third-order valence-electron chi connectivity index (χ3n) is 2.35. The van der Waals surface area contributed by atoms with Crippen LogP contribution < -0.4 is 4.74 Å². The van der Waals surface area contributed by atoms with Gasteiger partial charge in [0.05, 0.1) is 7.11 Å². The van der Waals surface area contributed by atoms with Crippen molar-refractivity contribution in [2.75, 3.05) is 7.11 Å². The first-order valence-electron chi connectivity index (χ1n) is 5.07. The van der Waals surface area contributed by atoms with Gasteiger partial charge in [-0.25, -0.2) is 9.97 Å². The molecule has 1 rings (SSSR count). The van der Waals surface area contributed by atoms with E-state index in [1.807, 2.05) is 6.92 Å². The number of Topliss-reactive ketones (excluding diaryl/α,β-unsaturated/α-hetero) is 1. The number of hydrogen-bond donors (Lipinski definition) is 0. The highest BCUT2D eigenvalue weighted by Gasteiger charge is 2.16. The monoisotopic (exact) mass is 208 g/mol. The maximum absolute atomic E-state index is 11.8. The average molecular weight is 208 g/mol. The van der Waals surface area contributed by atoms with Crippen LogP contribution in [0.4, 0.5) is 0 Å². The van der Waals surface area contributed by atoms with Crippen molar-refractivity contribution in [2.45, 2.75) is 26.7 Å². The molecule has 4 heteroatoms. The Morgan fingerprint density at radius 2 is 2.13 bits per heavy atom. The highest BCUT2D eigenvalue weighted by atomic mass is 16.5. The number of carbonyl (C=O) groups is 1. The van der Waals surface area contributed by atoms with Gasteiger partial charge in [-0.2, -0.15) is 0 Å². The van der Waals surface area contributed by atoms with Crippen LogP contribution in [-0.2, 0) is 0 Å². The van der Waals surface area contributed by atoms with Gasteiger partial charge >= 0.3 is 0 Å². The first-order chi connectivity index (χ1) is 7.19. The van der Waals surface area contributed by atoms with E-state index in [-0.39, 0.29) is 5.78 Å². The van der Waals surface area contributed by atoms with Crippen LogP contribution in [-0.4, -0.2) is 22.9 Å². The fourth-order valence-corrected chi connectivity index (χ4v) is 1.22. The molecule has 1 unspecified atom stereocenters. The molecule has 1 atom stereocenters. The minimum absolute atomic E-state index is 0.00528. The SMILES string of the molecule is CCC(C)CC(=O)c1nccnc1OC. The standard InChI is InChI=1S/C11H16N2O2/c1-4-8(2)7-9(14)10-11(15-3)13-6-5-12-10/h5-6,8H,4,7H2,1-3H3. The molecule has 0 aliphatic rings. The largest absolute Gasteiger partial charge is 0.479 e. The molecular weight excluding hydrogens is 192 g/mol. The van der Waals surface area contributed by atoms with Crippen LogP contribution in [0.1, 0.15) is 37.2 Å². The molecule has 0 fully saturated rings. The molecule has 0 saturated carbocycles. The van der Waals surface area contributed by atoms with Crippen molar-refractivity contribution < 1.29 is 9.53 Å². The van der Waals surface area contributed by atoms with E-state index in [0.717, 1.165) is 6.42 Å². The van der Waals surface area contributed by atoms with Crippen LogP contribution in [0.2, 0.25) is 0 Å². The van der Waals surface area contributed by atoms with Crippen LogP contribution in [0, 0.1) is 5.92 Å². The Balaban J connectivity index is 2.81. The van der Waals surface area contributed by atoms with Gasteiger partial charge in [0.25, 0.3) is 0 Å². The third kappa shape index (κ3) is 3.01. The van der Waals surface area contributed by atoms with Gasteiger partial charge in [0, 0.05) is 18.8 Å². The second-order valence-corrected chi connectivity index (χ2v) is 3.55. The fourth-order valence-electron chi connectivity index (χ4n) is 1.22. The highest BCUT2D eigenvalue weighted by molar-refractivity contribution is 5.96. The minimum Gasteiger partial charge on any atom is -0.479 e. The molecule has 1 aromatic rings. The zero-order valence-electron chi connectivity index (χ0n) is 9.36. The molecule has 0 aliphatic heterocycles. The third-order valence-corrected chi connectivity index (χ3v) is 2.35. The maximum atomic E-state index is 11.8. The van der Waals surface area contributed by atoms with Crippen molar-refractivity contribution in [3.8, 4) is 5.88 Å². The lowest BCUT2D eigenvalue weighted by Crippen LogP contribution is -2.09. The minimum atomic E-state index is -0.00528. The Morgan fingerprint density at radius 1 is 1.47 bits per heavy atom. The van der Waals surface area contributed by atoms with Gasteiger partial charge < -0.3 is 4.74 Å². The number of methoxy groups -OCH3 is 1. The van der Waals surface area contributed by atoms with Gasteiger partial charge in [0.15, 0.2) is 11.5 Å². The van der Waals surface area contributed by atoms with Crippen LogP contribution in [0.25, 0.3) is 0 Å². The normalized spacial score (nSPS) is 12.2. The van der Waals surface area contributed by atoms with E-state index in [9.17, 15) is 4.79 Å². The molecule has 0 saturated heterocycles. The Hall–Kier alpha value is -1.45. The zero-order valence-corrected chi connectivity index (χ0v) is 9.36. The Labute approximate surface area is 89.7 Å². The van der Waals surface area contributed by atoms with Crippen molar-refractivity contribution in [1.82, 2.24) is 9.97 Å². The Bertz CT molecular complexity index is 339. The van der Waals surface area contributed by atoms with Gasteiger partial charge in [-0.15, -0.1) is 0 Å². The van der Waals surface area contributed by atoms with Crippen LogP contribution in [0.5, 0.6) is 5.88 Å². The predicted octanol–water partition coefficient (Wildman–Crippen LogP) is 2.10. The summed E-state index contributed by atoms with van der Waals surface area (Å²) in [4.78, 5) is 19.8. The molecule has 0 N–H and O–H groups in total. The molecule has 82 valence electrons. The maximum Gasteiger partial charge on any atom is 0.243 e. The second kappa shape index (κ2) is 5.44. The fraction of sp³-hybridized carbons (Fsp3) is 0.545. The topological polar surface area (TPSA) is 52.1 Å². The second-order valence-electron chi connectivity index (χ2n) is 3.55. The summed E-state index contributed by atoms with van der Waals surface area (Å²) in [6, 6.07) is 0. The molecule has 0 aromatic carbocycles. The van der Waals surface area contributed by atoms with Crippen molar-refractivity contribution in [1.29, 1.82) is 0 Å². The van der Waals surface area contributed by atoms with Crippen molar-refractivity contribution >= 4 is 5.78 Å². The van der Waals surface area contributed by atoms with Gasteiger partial charge in [-0.1, -0.05) is 20.3 Å². The van der Waals surface area contributed by atoms with Crippen LogP contribution >= 0.6 is 0 Å². The summed E-state index contributed by atoms with van der Waals surface area (Å²) in [6.45, 7) is 4.10. The first-order valence-corrected chi connectivity index (χ1v) is 5.07. The zero-order chi connectivity index (χ0) is 11.3.